The van der Waals surface area contributed by atoms with Gasteiger partial charge in [-0.2, -0.15) is 4.72 Å². The van der Waals surface area contributed by atoms with Gasteiger partial charge in [0.15, 0.2) is 0 Å². The third kappa shape index (κ3) is 4.36. The Morgan fingerprint density at radius 2 is 2.09 bits per heavy atom. The first-order valence-corrected chi connectivity index (χ1v) is 9.01. The number of hydrogen-bond donors (Lipinski definition) is 2. The molecule has 118 valence electrons. The van der Waals surface area contributed by atoms with Crippen molar-refractivity contribution in [3.8, 4) is 0 Å². The van der Waals surface area contributed by atoms with Gasteiger partial charge in [0, 0.05) is 5.69 Å². The lowest BCUT2D eigenvalue weighted by molar-refractivity contribution is -0.122. The van der Waals surface area contributed by atoms with Gasteiger partial charge in [0.05, 0.1) is 18.3 Å². The van der Waals surface area contributed by atoms with Crippen molar-refractivity contribution in [2.45, 2.75) is 30.6 Å². The molecule has 1 unspecified atom stereocenters. The summed E-state index contributed by atoms with van der Waals surface area (Å²) in [6, 6.07) is 7.79. The van der Waals surface area contributed by atoms with E-state index < -0.39 is 22.0 Å². The first-order valence-electron chi connectivity index (χ1n) is 6.64. The summed E-state index contributed by atoms with van der Waals surface area (Å²) in [4.78, 5) is 16.3. The highest BCUT2D eigenvalue weighted by atomic mass is 32.2. The van der Waals surface area contributed by atoms with Crippen LogP contribution in [0.3, 0.4) is 0 Å². The molecule has 0 aliphatic heterocycles. The Labute approximate surface area is 133 Å². The summed E-state index contributed by atoms with van der Waals surface area (Å²) in [5, 5.41) is 4.34. The molecule has 0 saturated carbocycles. The fourth-order valence-electron chi connectivity index (χ4n) is 1.79. The SMILES string of the molecule is Cc1cccc(CNC(=O)C(C)NS(=O)(=O)c2cccs2)n1. The number of hydrogen-bond acceptors (Lipinski definition) is 5. The lowest BCUT2D eigenvalue weighted by Gasteiger charge is -2.13. The lowest BCUT2D eigenvalue weighted by atomic mass is 10.3. The van der Waals surface area contributed by atoms with E-state index >= 15 is 0 Å². The van der Waals surface area contributed by atoms with Crippen LogP contribution in [0.2, 0.25) is 0 Å². The number of aromatic nitrogens is 1. The first-order chi connectivity index (χ1) is 10.4. The molecule has 0 fully saturated rings. The van der Waals surface area contributed by atoms with E-state index in [0.717, 1.165) is 22.7 Å². The van der Waals surface area contributed by atoms with Crippen molar-refractivity contribution in [1.82, 2.24) is 15.0 Å². The molecule has 1 amide bonds. The van der Waals surface area contributed by atoms with Gasteiger partial charge in [-0.3, -0.25) is 9.78 Å². The van der Waals surface area contributed by atoms with E-state index in [1.807, 2.05) is 19.1 Å². The van der Waals surface area contributed by atoms with Gasteiger partial charge < -0.3 is 5.32 Å². The van der Waals surface area contributed by atoms with Gasteiger partial charge in [-0.1, -0.05) is 12.1 Å². The molecule has 22 heavy (non-hydrogen) atoms. The van der Waals surface area contributed by atoms with Crippen molar-refractivity contribution < 1.29 is 13.2 Å². The van der Waals surface area contributed by atoms with E-state index in [1.165, 1.54) is 13.0 Å². The van der Waals surface area contributed by atoms with Crippen molar-refractivity contribution in [3.05, 3.63) is 47.1 Å². The summed E-state index contributed by atoms with van der Waals surface area (Å²) < 4.78 is 26.6. The van der Waals surface area contributed by atoms with Crippen LogP contribution in [0.5, 0.6) is 0 Å². The maximum absolute atomic E-state index is 12.0. The zero-order valence-corrected chi connectivity index (χ0v) is 13.9. The Morgan fingerprint density at radius 3 is 2.73 bits per heavy atom. The summed E-state index contributed by atoms with van der Waals surface area (Å²) >= 11 is 1.10. The molecule has 0 aromatic carbocycles. The fraction of sp³-hybridized carbons (Fsp3) is 0.286. The molecule has 2 aromatic rings. The molecule has 6 nitrogen and oxygen atoms in total. The molecule has 2 rings (SSSR count). The Balaban J connectivity index is 1.92. The van der Waals surface area contributed by atoms with Gasteiger partial charge >= 0.3 is 0 Å². The third-order valence-corrected chi connectivity index (χ3v) is 5.81. The summed E-state index contributed by atoms with van der Waals surface area (Å²) in [6.07, 6.45) is 0. The smallest absolute Gasteiger partial charge is 0.250 e. The summed E-state index contributed by atoms with van der Waals surface area (Å²) in [7, 11) is -3.66. The van der Waals surface area contributed by atoms with Crippen LogP contribution >= 0.6 is 11.3 Å². The highest BCUT2D eigenvalue weighted by Gasteiger charge is 2.22. The van der Waals surface area contributed by atoms with E-state index in [2.05, 4.69) is 15.0 Å². The van der Waals surface area contributed by atoms with Crippen molar-refractivity contribution in [3.63, 3.8) is 0 Å². The van der Waals surface area contributed by atoms with Crippen LogP contribution in [0.25, 0.3) is 0 Å². The maximum Gasteiger partial charge on any atom is 0.250 e. The van der Waals surface area contributed by atoms with Gasteiger partial charge in [-0.15, -0.1) is 11.3 Å². The fourth-order valence-corrected chi connectivity index (χ4v) is 4.00. The minimum Gasteiger partial charge on any atom is -0.349 e. The Bertz CT molecular complexity index is 742. The Morgan fingerprint density at radius 1 is 1.32 bits per heavy atom. The summed E-state index contributed by atoms with van der Waals surface area (Å²) in [5.74, 6) is -0.400. The molecule has 0 radical (unpaired) electrons. The molecule has 2 aromatic heterocycles. The molecule has 0 bridgehead atoms. The molecule has 2 N–H and O–H groups in total. The van der Waals surface area contributed by atoms with E-state index in [9.17, 15) is 13.2 Å². The van der Waals surface area contributed by atoms with Gasteiger partial charge in [0.1, 0.15) is 4.21 Å². The second-order valence-corrected chi connectivity index (χ2v) is 7.65. The number of sulfonamides is 1. The van der Waals surface area contributed by atoms with Crippen molar-refractivity contribution >= 4 is 27.3 Å². The Kier molecular flexibility index (Phi) is 5.28. The monoisotopic (exact) mass is 339 g/mol. The van der Waals surface area contributed by atoms with Crippen LogP contribution in [0, 0.1) is 6.92 Å². The van der Waals surface area contributed by atoms with Gasteiger partial charge in [-0.25, -0.2) is 8.42 Å². The van der Waals surface area contributed by atoms with Crippen molar-refractivity contribution in [1.29, 1.82) is 0 Å². The van der Waals surface area contributed by atoms with Gasteiger partial charge in [0.25, 0.3) is 10.0 Å². The molecule has 0 spiro atoms. The van der Waals surface area contributed by atoms with Crippen molar-refractivity contribution in [2.24, 2.45) is 0 Å². The lowest BCUT2D eigenvalue weighted by Crippen LogP contribution is -2.44. The quantitative estimate of drug-likeness (QED) is 0.833. The maximum atomic E-state index is 12.0. The molecular weight excluding hydrogens is 322 g/mol. The Hall–Kier alpha value is -1.77. The van der Waals surface area contributed by atoms with E-state index in [0.29, 0.717) is 0 Å². The molecule has 0 aliphatic carbocycles. The van der Waals surface area contributed by atoms with Gasteiger partial charge in [0.2, 0.25) is 5.91 Å². The summed E-state index contributed by atoms with van der Waals surface area (Å²) in [5.41, 5.74) is 1.58. The second-order valence-electron chi connectivity index (χ2n) is 4.76. The largest absolute Gasteiger partial charge is 0.349 e. The number of nitrogens with one attached hydrogen (secondary N) is 2. The first kappa shape index (κ1) is 16.6. The van der Waals surface area contributed by atoms with E-state index in [-0.39, 0.29) is 10.8 Å². The number of rotatable bonds is 6. The average Bonchev–Trinajstić information content (AvgIpc) is 2.99. The molecule has 8 heteroatoms. The third-order valence-electron chi connectivity index (χ3n) is 2.87. The second kappa shape index (κ2) is 6.99. The minimum absolute atomic E-state index is 0.188. The van der Waals surface area contributed by atoms with Gasteiger partial charge in [-0.05, 0) is 37.4 Å². The zero-order chi connectivity index (χ0) is 16.2. The number of carbonyl (C=O) groups excluding carboxylic acids is 1. The molecule has 2 heterocycles. The number of amides is 1. The number of thiophene rings is 1. The topological polar surface area (TPSA) is 88.2 Å². The number of nitrogens with zero attached hydrogens (tertiary/aromatic N) is 1. The van der Waals surface area contributed by atoms with Crippen LogP contribution in [-0.2, 0) is 21.4 Å². The zero-order valence-electron chi connectivity index (χ0n) is 12.2. The molecule has 0 saturated heterocycles. The molecular formula is C14H17N3O3S2. The predicted octanol–water partition coefficient (Wildman–Crippen LogP) is 1.43. The van der Waals surface area contributed by atoms with Crippen molar-refractivity contribution in [2.75, 3.05) is 0 Å². The minimum atomic E-state index is -3.66. The normalized spacial score (nSPS) is 12.8. The van der Waals surface area contributed by atoms with Crippen LogP contribution in [0.4, 0.5) is 0 Å². The number of aryl methyl sites for hydroxylation is 1. The van der Waals surface area contributed by atoms with Crippen LogP contribution < -0.4 is 10.0 Å². The highest BCUT2D eigenvalue weighted by molar-refractivity contribution is 7.91. The highest BCUT2D eigenvalue weighted by Crippen LogP contribution is 2.15. The standard InChI is InChI=1S/C14H17N3O3S2/c1-10-5-3-6-12(16-10)9-15-14(18)11(2)17-22(19,20)13-7-4-8-21-13/h3-8,11,17H,9H2,1-2H3,(H,15,18). The average molecular weight is 339 g/mol. The molecule has 1 atom stereocenters. The predicted molar refractivity (Wildman–Crippen MR) is 84.9 cm³/mol. The van der Waals surface area contributed by atoms with Crippen LogP contribution in [0.15, 0.2) is 39.9 Å². The van der Waals surface area contributed by atoms with E-state index in [1.54, 1.807) is 17.5 Å². The van der Waals surface area contributed by atoms with E-state index in [4.69, 9.17) is 0 Å². The van der Waals surface area contributed by atoms with Crippen LogP contribution in [0.1, 0.15) is 18.3 Å². The van der Waals surface area contributed by atoms with Crippen LogP contribution in [-0.4, -0.2) is 25.4 Å². The molecule has 0 aliphatic rings. The number of carbonyl (C=O) groups is 1. The summed E-state index contributed by atoms with van der Waals surface area (Å²) in [6.45, 7) is 3.62. The number of pyridine rings is 1.